The standard InChI is InChI=1S/C15H17F3N2S/c1-19-8-4-6-12-10-21-14(20-12)9-11-5-2-3-7-13(11)15(16,17)18/h2-3,5,7,10,19H,4,6,8-9H2,1H3. The highest BCUT2D eigenvalue weighted by molar-refractivity contribution is 7.09. The summed E-state index contributed by atoms with van der Waals surface area (Å²) in [4.78, 5) is 4.42. The summed E-state index contributed by atoms with van der Waals surface area (Å²) in [5.41, 5.74) is 0.660. The lowest BCUT2D eigenvalue weighted by Gasteiger charge is -2.11. The van der Waals surface area contributed by atoms with Crippen molar-refractivity contribution in [2.45, 2.75) is 25.4 Å². The zero-order valence-electron chi connectivity index (χ0n) is 11.7. The molecule has 21 heavy (non-hydrogen) atoms. The lowest BCUT2D eigenvalue weighted by Crippen LogP contribution is -2.09. The second kappa shape index (κ2) is 7.04. The fourth-order valence-electron chi connectivity index (χ4n) is 2.11. The van der Waals surface area contributed by atoms with Gasteiger partial charge in [-0.3, -0.25) is 0 Å². The molecule has 1 heterocycles. The van der Waals surface area contributed by atoms with Crippen LogP contribution in [0.1, 0.15) is 28.2 Å². The van der Waals surface area contributed by atoms with Gasteiger partial charge in [0.05, 0.1) is 16.3 Å². The summed E-state index contributed by atoms with van der Waals surface area (Å²) in [6.45, 7) is 0.907. The highest BCUT2D eigenvalue weighted by Crippen LogP contribution is 2.33. The van der Waals surface area contributed by atoms with Gasteiger partial charge in [0.1, 0.15) is 0 Å². The van der Waals surface area contributed by atoms with Gasteiger partial charge in [-0.1, -0.05) is 18.2 Å². The van der Waals surface area contributed by atoms with Gasteiger partial charge in [0.25, 0.3) is 0 Å². The minimum absolute atomic E-state index is 0.229. The lowest BCUT2D eigenvalue weighted by atomic mass is 10.0. The number of hydrogen-bond donors (Lipinski definition) is 1. The van der Waals surface area contributed by atoms with Crippen molar-refractivity contribution in [1.82, 2.24) is 10.3 Å². The lowest BCUT2D eigenvalue weighted by molar-refractivity contribution is -0.138. The Kier molecular flexibility index (Phi) is 5.36. The molecule has 2 aromatic rings. The van der Waals surface area contributed by atoms with Crippen LogP contribution in [0.15, 0.2) is 29.6 Å². The molecule has 1 aromatic heterocycles. The number of alkyl halides is 3. The topological polar surface area (TPSA) is 24.9 Å². The van der Waals surface area contributed by atoms with Crippen LogP contribution in [0.3, 0.4) is 0 Å². The molecule has 0 aliphatic carbocycles. The molecule has 6 heteroatoms. The third-order valence-electron chi connectivity index (χ3n) is 3.12. The second-order valence-electron chi connectivity index (χ2n) is 4.77. The fraction of sp³-hybridized carbons (Fsp3) is 0.400. The first kappa shape index (κ1) is 16.0. The third-order valence-corrected chi connectivity index (χ3v) is 4.02. The first-order valence-electron chi connectivity index (χ1n) is 6.73. The quantitative estimate of drug-likeness (QED) is 0.818. The number of thiazole rings is 1. The van der Waals surface area contributed by atoms with Gasteiger partial charge in [-0.2, -0.15) is 13.2 Å². The summed E-state index contributed by atoms with van der Waals surface area (Å²) in [6, 6.07) is 5.69. The number of aromatic nitrogens is 1. The summed E-state index contributed by atoms with van der Waals surface area (Å²) in [6.07, 6.45) is -2.27. The van der Waals surface area contributed by atoms with Gasteiger partial charge < -0.3 is 5.32 Å². The minimum atomic E-state index is -4.32. The van der Waals surface area contributed by atoms with E-state index in [1.54, 1.807) is 6.07 Å². The van der Waals surface area contributed by atoms with Crippen LogP contribution in [-0.2, 0) is 19.0 Å². The van der Waals surface area contributed by atoms with Gasteiger partial charge in [0.2, 0.25) is 0 Å². The maximum Gasteiger partial charge on any atom is 0.416 e. The van der Waals surface area contributed by atoms with Gasteiger partial charge in [0.15, 0.2) is 0 Å². The van der Waals surface area contributed by atoms with Gasteiger partial charge in [0, 0.05) is 11.8 Å². The van der Waals surface area contributed by atoms with E-state index in [9.17, 15) is 13.2 Å². The van der Waals surface area contributed by atoms with Crippen molar-refractivity contribution >= 4 is 11.3 Å². The monoisotopic (exact) mass is 314 g/mol. The van der Waals surface area contributed by atoms with E-state index in [0.29, 0.717) is 0 Å². The largest absolute Gasteiger partial charge is 0.416 e. The van der Waals surface area contributed by atoms with Crippen molar-refractivity contribution < 1.29 is 13.2 Å². The molecule has 0 spiro atoms. The Balaban J connectivity index is 2.09. The molecule has 0 fully saturated rings. The predicted molar refractivity (Wildman–Crippen MR) is 78.6 cm³/mol. The fourth-order valence-corrected chi connectivity index (χ4v) is 2.96. The van der Waals surface area contributed by atoms with Crippen molar-refractivity contribution in [3.63, 3.8) is 0 Å². The van der Waals surface area contributed by atoms with Crippen molar-refractivity contribution in [1.29, 1.82) is 0 Å². The van der Waals surface area contributed by atoms with E-state index in [2.05, 4.69) is 10.3 Å². The SMILES string of the molecule is CNCCCc1csc(Cc2ccccc2C(F)(F)F)n1. The average molecular weight is 314 g/mol. The van der Waals surface area contributed by atoms with Crippen LogP contribution in [0.4, 0.5) is 13.2 Å². The summed E-state index contributed by atoms with van der Waals surface area (Å²) in [5.74, 6) is 0. The molecule has 114 valence electrons. The molecule has 0 aliphatic rings. The Bertz CT molecular complexity index is 578. The van der Waals surface area contributed by atoms with Gasteiger partial charge >= 0.3 is 6.18 Å². The van der Waals surface area contributed by atoms with Crippen molar-refractivity contribution in [2.75, 3.05) is 13.6 Å². The van der Waals surface area contributed by atoms with Crippen LogP contribution in [0.5, 0.6) is 0 Å². The maximum absolute atomic E-state index is 12.9. The Hall–Kier alpha value is -1.40. The molecule has 0 aliphatic heterocycles. The maximum atomic E-state index is 12.9. The molecule has 0 bridgehead atoms. The van der Waals surface area contributed by atoms with Crippen LogP contribution >= 0.6 is 11.3 Å². The Morgan fingerprint density at radius 2 is 2.00 bits per heavy atom. The molecule has 2 nitrogen and oxygen atoms in total. The summed E-state index contributed by atoms with van der Waals surface area (Å²) >= 11 is 1.42. The minimum Gasteiger partial charge on any atom is -0.320 e. The summed E-state index contributed by atoms with van der Waals surface area (Å²) in [7, 11) is 1.89. The van der Waals surface area contributed by atoms with Gasteiger partial charge in [-0.15, -0.1) is 11.3 Å². The molecule has 0 saturated carbocycles. The van der Waals surface area contributed by atoms with Crippen molar-refractivity contribution in [3.8, 4) is 0 Å². The first-order chi connectivity index (χ1) is 10.0. The Labute approximate surface area is 126 Å². The molecule has 0 amide bonds. The number of benzene rings is 1. The van der Waals surface area contributed by atoms with Crippen LogP contribution < -0.4 is 5.32 Å². The molecule has 0 unspecified atom stereocenters. The van der Waals surface area contributed by atoms with Crippen LogP contribution in [0.2, 0.25) is 0 Å². The van der Waals surface area contributed by atoms with Gasteiger partial charge in [-0.05, 0) is 38.1 Å². The van der Waals surface area contributed by atoms with E-state index in [-0.39, 0.29) is 12.0 Å². The molecule has 2 rings (SSSR count). The summed E-state index contributed by atoms with van der Waals surface area (Å²) < 4.78 is 38.8. The number of nitrogens with zero attached hydrogens (tertiary/aromatic N) is 1. The summed E-state index contributed by atoms with van der Waals surface area (Å²) in [5, 5.41) is 5.72. The zero-order valence-corrected chi connectivity index (χ0v) is 12.5. The van der Waals surface area contributed by atoms with E-state index in [1.807, 2.05) is 12.4 Å². The number of aryl methyl sites for hydroxylation is 1. The third kappa shape index (κ3) is 4.54. The Morgan fingerprint density at radius 1 is 1.24 bits per heavy atom. The predicted octanol–water partition coefficient (Wildman–Crippen LogP) is 3.90. The second-order valence-corrected chi connectivity index (χ2v) is 5.71. The molecular formula is C15H17F3N2S. The molecule has 1 aromatic carbocycles. The molecule has 0 atom stereocenters. The first-order valence-corrected chi connectivity index (χ1v) is 7.61. The van der Waals surface area contributed by atoms with E-state index < -0.39 is 11.7 Å². The number of halogens is 3. The number of rotatable bonds is 6. The van der Waals surface area contributed by atoms with Crippen LogP contribution in [-0.4, -0.2) is 18.6 Å². The molecule has 0 saturated heterocycles. The van der Waals surface area contributed by atoms with Crippen LogP contribution in [0, 0.1) is 0 Å². The van der Waals surface area contributed by atoms with Crippen LogP contribution in [0.25, 0.3) is 0 Å². The van der Waals surface area contributed by atoms with E-state index in [0.717, 1.165) is 36.2 Å². The number of nitrogens with one attached hydrogen (secondary N) is 1. The smallest absolute Gasteiger partial charge is 0.320 e. The molecular weight excluding hydrogens is 297 g/mol. The van der Waals surface area contributed by atoms with Crippen molar-refractivity contribution in [3.05, 3.63) is 51.5 Å². The average Bonchev–Trinajstić information content (AvgIpc) is 2.86. The molecule has 0 radical (unpaired) electrons. The highest BCUT2D eigenvalue weighted by atomic mass is 32.1. The highest BCUT2D eigenvalue weighted by Gasteiger charge is 2.32. The van der Waals surface area contributed by atoms with E-state index in [1.165, 1.54) is 23.5 Å². The zero-order chi connectivity index (χ0) is 15.3. The van der Waals surface area contributed by atoms with Gasteiger partial charge in [-0.25, -0.2) is 4.98 Å². The van der Waals surface area contributed by atoms with Crippen molar-refractivity contribution in [2.24, 2.45) is 0 Å². The normalized spacial score (nSPS) is 11.8. The van der Waals surface area contributed by atoms with E-state index in [4.69, 9.17) is 0 Å². The Morgan fingerprint density at radius 3 is 2.71 bits per heavy atom. The number of hydrogen-bond acceptors (Lipinski definition) is 3. The van der Waals surface area contributed by atoms with E-state index >= 15 is 0 Å². The molecule has 1 N–H and O–H groups in total.